The Labute approximate surface area is 111 Å². The van der Waals surface area contributed by atoms with Crippen molar-refractivity contribution in [1.29, 1.82) is 0 Å². The average molecular weight is 260 g/mol. The molecule has 1 aromatic carbocycles. The van der Waals surface area contributed by atoms with Crippen molar-refractivity contribution >= 4 is 11.8 Å². The monoisotopic (exact) mass is 260 g/mol. The Kier molecular flexibility index (Phi) is 3.34. The highest BCUT2D eigenvalue weighted by atomic mass is 32.2. The van der Waals surface area contributed by atoms with E-state index in [4.69, 9.17) is 5.73 Å². The van der Waals surface area contributed by atoms with Crippen LogP contribution >= 0.6 is 11.8 Å². The molecule has 1 atom stereocenters. The van der Waals surface area contributed by atoms with Gasteiger partial charge in [-0.2, -0.15) is 0 Å². The topological polar surface area (TPSA) is 56.7 Å². The van der Waals surface area contributed by atoms with Gasteiger partial charge in [0.25, 0.3) is 0 Å². The first kappa shape index (κ1) is 11.7. The molecule has 5 heteroatoms. The first-order valence-electron chi connectivity index (χ1n) is 6.19. The highest BCUT2D eigenvalue weighted by molar-refractivity contribution is 8.00. The standard InChI is InChI=1S/C13H16N4S/c14-6-5-11-8-17(16-15-11)9-12-7-10-3-1-2-4-13(10)18-12/h1-4,8,12H,5-7,9,14H2. The molecule has 0 saturated carbocycles. The average Bonchev–Trinajstić information content (AvgIpc) is 2.96. The van der Waals surface area contributed by atoms with Crippen molar-refractivity contribution in [2.24, 2.45) is 5.73 Å². The van der Waals surface area contributed by atoms with Crippen molar-refractivity contribution in [3.63, 3.8) is 0 Å². The van der Waals surface area contributed by atoms with Crippen LogP contribution in [0.15, 0.2) is 35.4 Å². The van der Waals surface area contributed by atoms with Crippen molar-refractivity contribution in [2.45, 2.75) is 29.5 Å². The smallest absolute Gasteiger partial charge is 0.0839 e. The van der Waals surface area contributed by atoms with Crippen molar-refractivity contribution in [3.8, 4) is 0 Å². The predicted molar refractivity (Wildman–Crippen MR) is 72.6 cm³/mol. The Hall–Kier alpha value is -1.33. The molecule has 1 aliphatic rings. The van der Waals surface area contributed by atoms with E-state index in [0.717, 1.165) is 25.1 Å². The van der Waals surface area contributed by atoms with Crippen LogP contribution in [0.3, 0.4) is 0 Å². The molecule has 0 radical (unpaired) electrons. The minimum atomic E-state index is 0.565. The van der Waals surface area contributed by atoms with E-state index in [9.17, 15) is 0 Å². The van der Waals surface area contributed by atoms with Gasteiger partial charge in [-0.05, 0) is 24.6 Å². The van der Waals surface area contributed by atoms with Gasteiger partial charge in [0, 0.05) is 22.8 Å². The fourth-order valence-electron chi connectivity index (χ4n) is 2.25. The molecule has 1 unspecified atom stereocenters. The predicted octanol–water partition coefficient (Wildman–Crippen LogP) is 1.50. The van der Waals surface area contributed by atoms with Gasteiger partial charge in [0.05, 0.1) is 12.2 Å². The van der Waals surface area contributed by atoms with E-state index >= 15 is 0 Å². The van der Waals surface area contributed by atoms with Gasteiger partial charge in [-0.1, -0.05) is 23.4 Å². The van der Waals surface area contributed by atoms with Gasteiger partial charge in [0.15, 0.2) is 0 Å². The molecule has 0 fully saturated rings. The highest BCUT2D eigenvalue weighted by Gasteiger charge is 2.22. The molecule has 94 valence electrons. The van der Waals surface area contributed by atoms with E-state index in [1.54, 1.807) is 0 Å². The van der Waals surface area contributed by atoms with Crippen LogP contribution in [0.25, 0.3) is 0 Å². The first-order chi connectivity index (χ1) is 8.85. The van der Waals surface area contributed by atoms with Gasteiger partial charge in [0.1, 0.15) is 0 Å². The number of rotatable bonds is 4. The molecule has 4 nitrogen and oxygen atoms in total. The minimum Gasteiger partial charge on any atom is -0.330 e. The van der Waals surface area contributed by atoms with Crippen molar-refractivity contribution in [1.82, 2.24) is 15.0 Å². The van der Waals surface area contributed by atoms with Crippen LogP contribution in [-0.2, 0) is 19.4 Å². The van der Waals surface area contributed by atoms with Crippen LogP contribution in [0.5, 0.6) is 0 Å². The number of benzene rings is 1. The summed E-state index contributed by atoms with van der Waals surface area (Å²) in [4.78, 5) is 1.41. The maximum absolute atomic E-state index is 5.51. The first-order valence-corrected chi connectivity index (χ1v) is 7.07. The van der Waals surface area contributed by atoms with Gasteiger partial charge in [0.2, 0.25) is 0 Å². The third kappa shape index (κ3) is 2.42. The van der Waals surface area contributed by atoms with Gasteiger partial charge in [-0.3, -0.25) is 4.68 Å². The van der Waals surface area contributed by atoms with Crippen LogP contribution in [-0.4, -0.2) is 26.8 Å². The Bertz CT molecular complexity index is 512. The zero-order valence-electron chi connectivity index (χ0n) is 10.1. The Morgan fingerprint density at radius 1 is 1.39 bits per heavy atom. The van der Waals surface area contributed by atoms with E-state index in [-0.39, 0.29) is 0 Å². The lowest BCUT2D eigenvalue weighted by Crippen LogP contribution is -2.12. The van der Waals surface area contributed by atoms with Crippen LogP contribution in [0.4, 0.5) is 0 Å². The number of nitrogens with two attached hydrogens (primary N) is 1. The Balaban J connectivity index is 1.65. The SMILES string of the molecule is NCCc1cn(CC2Cc3ccccc3S2)nn1. The molecular weight excluding hydrogens is 244 g/mol. The fourth-order valence-corrected chi connectivity index (χ4v) is 3.56. The molecule has 18 heavy (non-hydrogen) atoms. The summed E-state index contributed by atoms with van der Waals surface area (Å²) >= 11 is 1.94. The Morgan fingerprint density at radius 2 is 2.28 bits per heavy atom. The molecule has 1 aliphatic heterocycles. The summed E-state index contributed by atoms with van der Waals surface area (Å²) in [7, 11) is 0. The minimum absolute atomic E-state index is 0.565. The van der Waals surface area contributed by atoms with Crippen LogP contribution in [0.2, 0.25) is 0 Å². The highest BCUT2D eigenvalue weighted by Crippen LogP contribution is 2.37. The Morgan fingerprint density at radius 3 is 3.11 bits per heavy atom. The molecule has 0 aliphatic carbocycles. The second-order valence-electron chi connectivity index (χ2n) is 4.52. The summed E-state index contributed by atoms with van der Waals surface area (Å²) in [5.74, 6) is 0. The molecule has 2 aromatic rings. The van der Waals surface area contributed by atoms with Crippen molar-refractivity contribution < 1.29 is 0 Å². The third-order valence-corrected chi connectivity index (χ3v) is 4.39. The van der Waals surface area contributed by atoms with E-state index in [1.165, 1.54) is 10.5 Å². The van der Waals surface area contributed by atoms with Gasteiger partial charge < -0.3 is 5.73 Å². The summed E-state index contributed by atoms with van der Waals surface area (Å²) < 4.78 is 1.94. The number of hydrogen-bond donors (Lipinski definition) is 1. The maximum Gasteiger partial charge on any atom is 0.0839 e. The lowest BCUT2D eigenvalue weighted by molar-refractivity contribution is 0.572. The quantitative estimate of drug-likeness (QED) is 0.905. The molecule has 0 spiro atoms. The number of fused-ring (bicyclic) bond motifs is 1. The molecule has 1 aromatic heterocycles. The summed E-state index contributed by atoms with van der Waals surface area (Å²) in [6, 6.07) is 8.62. The molecule has 3 rings (SSSR count). The number of hydrogen-bond acceptors (Lipinski definition) is 4. The second-order valence-corrected chi connectivity index (χ2v) is 5.86. The zero-order valence-corrected chi connectivity index (χ0v) is 10.9. The lowest BCUT2D eigenvalue weighted by Gasteiger charge is -2.06. The molecule has 0 saturated heterocycles. The molecule has 0 amide bonds. The summed E-state index contributed by atoms with van der Waals surface area (Å²) in [6.45, 7) is 1.54. The molecule has 2 heterocycles. The molecule has 2 N–H and O–H groups in total. The van der Waals surface area contributed by atoms with Crippen molar-refractivity contribution in [2.75, 3.05) is 6.54 Å². The second kappa shape index (κ2) is 5.12. The number of nitrogens with zero attached hydrogens (tertiary/aromatic N) is 3. The van der Waals surface area contributed by atoms with Gasteiger partial charge >= 0.3 is 0 Å². The van der Waals surface area contributed by atoms with E-state index < -0.39 is 0 Å². The summed E-state index contributed by atoms with van der Waals surface area (Å²) in [6.07, 6.45) is 3.93. The zero-order chi connectivity index (χ0) is 12.4. The normalized spacial score (nSPS) is 17.9. The molecule has 0 bridgehead atoms. The summed E-state index contributed by atoms with van der Waals surface area (Å²) in [5.41, 5.74) is 7.95. The van der Waals surface area contributed by atoms with Gasteiger partial charge in [-0.25, -0.2) is 0 Å². The fraction of sp³-hybridized carbons (Fsp3) is 0.385. The van der Waals surface area contributed by atoms with Crippen LogP contribution in [0, 0.1) is 0 Å². The molecular formula is C13H16N4S. The van der Waals surface area contributed by atoms with E-state index in [2.05, 4.69) is 34.6 Å². The number of thioether (sulfide) groups is 1. The van der Waals surface area contributed by atoms with Gasteiger partial charge in [-0.15, -0.1) is 16.9 Å². The van der Waals surface area contributed by atoms with E-state index in [0.29, 0.717) is 11.8 Å². The largest absolute Gasteiger partial charge is 0.330 e. The number of aromatic nitrogens is 3. The van der Waals surface area contributed by atoms with Crippen LogP contribution < -0.4 is 5.73 Å². The lowest BCUT2D eigenvalue weighted by atomic mass is 10.1. The van der Waals surface area contributed by atoms with Crippen LogP contribution in [0.1, 0.15) is 11.3 Å². The van der Waals surface area contributed by atoms with Crippen molar-refractivity contribution in [3.05, 3.63) is 41.7 Å². The summed E-state index contributed by atoms with van der Waals surface area (Å²) in [5, 5.41) is 8.84. The maximum atomic E-state index is 5.51. The van der Waals surface area contributed by atoms with E-state index in [1.807, 2.05) is 22.6 Å². The third-order valence-electron chi connectivity index (χ3n) is 3.09.